The molecule has 3 aliphatic heterocycles. The molecule has 18 nitrogen and oxygen atoms in total. The number of fused-ring (bicyclic) bond motifs is 2. The van der Waals surface area contributed by atoms with E-state index in [-0.39, 0.29) is 49.5 Å². The van der Waals surface area contributed by atoms with E-state index in [1.54, 1.807) is 89.5 Å². The zero-order valence-electron chi connectivity index (χ0n) is 40.3. The molecule has 0 spiro atoms. The summed E-state index contributed by atoms with van der Waals surface area (Å²) in [5.74, 6) is 7.20. The number of benzene rings is 4. The van der Waals surface area contributed by atoms with Crippen LogP contribution < -0.4 is 39.4 Å². The molecule has 3 aliphatic rings. The van der Waals surface area contributed by atoms with Crippen LogP contribution in [0.1, 0.15) is 47.3 Å². The van der Waals surface area contributed by atoms with E-state index in [0.717, 1.165) is 4.47 Å². The highest BCUT2D eigenvalue weighted by Crippen LogP contribution is 2.34. The minimum atomic E-state index is -1.37. The van der Waals surface area contributed by atoms with Crippen LogP contribution >= 0.6 is 15.9 Å². The van der Waals surface area contributed by atoms with E-state index in [2.05, 4.69) is 48.4 Å². The molecule has 4 aromatic carbocycles. The lowest BCUT2D eigenvalue weighted by Gasteiger charge is -2.43. The summed E-state index contributed by atoms with van der Waals surface area (Å²) in [6, 6.07) is 33.3. The van der Waals surface area contributed by atoms with E-state index in [0.29, 0.717) is 51.4 Å². The number of anilines is 2. The van der Waals surface area contributed by atoms with Crippen molar-refractivity contribution in [2.45, 2.75) is 44.1 Å². The Balaban J connectivity index is 0.000000207. The van der Waals surface area contributed by atoms with Gasteiger partial charge in [-0.2, -0.15) is 0 Å². The van der Waals surface area contributed by atoms with Gasteiger partial charge < -0.3 is 54.1 Å². The number of para-hydroxylation sites is 2. The lowest BCUT2D eigenvalue weighted by atomic mass is 9.95. The lowest BCUT2D eigenvalue weighted by molar-refractivity contribution is -0.121. The monoisotopic (exact) mass is 1050 g/mol. The molecule has 9 rings (SSSR count). The van der Waals surface area contributed by atoms with Gasteiger partial charge in [0.05, 0.1) is 24.5 Å². The zero-order valence-corrected chi connectivity index (χ0v) is 41.9. The number of aromatic nitrogens is 2. The first-order valence-electron chi connectivity index (χ1n) is 22.9. The fourth-order valence-electron chi connectivity index (χ4n) is 7.47. The highest BCUT2D eigenvalue weighted by Gasteiger charge is 2.44. The number of nitrogens with zero attached hydrogens (tertiary/aromatic N) is 5. The average Bonchev–Trinajstić information content (AvgIpc) is 3.55. The van der Waals surface area contributed by atoms with Crippen LogP contribution in [0.2, 0.25) is 0 Å². The molecule has 6 aromatic rings. The Morgan fingerprint density at radius 2 is 1.16 bits per heavy atom. The number of hydrogen-bond donors (Lipinski definition) is 3. The molecule has 5 amide bonds. The van der Waals surface area contributed by atoms with Crippen molar-refractivity contribution in [3.05, 3.63) is 155 Å². The van der Waals surface area contributed by atoms with Gasteiger partial charge >= 0.3 is 6.09 Å². The third kappa shape index (κ3) is 12.9. The van der Waals surface area contributed by atoms with Gasteiger partial charge in [0.25, 0.3) is 23.6 Å². The number of β-amino-alcohol motifs (C(OH)–C–C–N with tert-alkyl or cyclic N) is 1. The maximum atomic E-state index is 13.3. The summed E-state index contributed by atoms with van der Waals surface area (Å²) in [5, 5.41) is 16.1. The quantitative estimate of drug-likeness (QED) is 0.130. The van der Waals surface area contributed by atoms with Gasteiger partial charge in [-0.3, -0.25) is 29.1 Å². The Morgan fingerprint density at radius 3 is 1.66 bits per heavy atom. The van der Waals surface area contributed by atoms with E-state index in [1.807, 2.05) is 54.6 Å². The minimum absolute atomic E-state index is 0.0176. The molecule has 0 bridgehead atoms. The number of halogens is 1. The maximum Gasteiger partial charge on any atom is 0.410 e. The van der Waals surface area contributed by atoms with Crippen molar-refractivity contribution in [1.82, 2.24) is 25.5 Å². The summed E-state index contributed by atoms with van der Waals surface area (Å²) in [7, 11) is 3.23. The zero-order chi connectivity index (χ0) is 51.9. The van der Waals surface area contributed by atoms with Crippen molar-refractivity contribution in [3.8, 4) is 46.3 Å². The largest absolute Gasteiger partial charge is 0.489 e. The predicted molar refractivity (Wildman–Crippen MR) is 272 cm³/mol. The van der Waals surface area contributed by atoms with E-state index in [9.17, 15) is 29.1 Å². The molecule has 19 heteroatoms. The minimum Gasteiger partial charge on any atom is -0.489 e. The molecule has 73 heavy (non-hydrogen) atoms. The number of nitrogens with one attached hydrogen (secondary N) is 2. The van der Waals surface area contributed by atoms with Crippen LogP contribution in [0, 0.1) is 11.8 Å². The molecule has 3 N–H and O–H groups in total. The highest BCUT2D eigenvalue weighted by molar-refractivity contribution is 9.10. The average molecular weight is 1050 g/mol. The van der Waals surface area contributed by atoms with Crippen LogP contribution in [0.5, 0.6) is 34.5 Å². The smallest absolute Gasteiger partial charge is 0.410 e. The van der Waals surface area contributed by atoms with E-state index >= 15 is 0 Å². The molecule has 5 heterocycles. The Kier molecular flexibility index (Phi) is 15.3. The van der Waals surface area contributed by atoms with Crippen molar-refractivity contribution < 1.29 is 52.8 Å². The molecule has 2 atom stereocenters. The fourth-order valence-corrected chi connectivity index (χ4v) is 7.82. The van der Waals surface area contributed by atoms with Gasteiger partial charge in [-0.15, -0.1) is 0 Å². The third-order valence-electron chi connectivity index (χ3n) is 11.2. The van der Waals surface area contributed by atoms with E-state index in [4.69, 9.17) is 23.7 Å². The molecule has 374 valence electrons. The van der Waals surface area contributed by atoms with Crippen LogP contribution in [0.3, 0.4) is 0 Å². The van der Waals surface area contributed by atoms with Crippen LogP contribution in [0.25, 0.3) is 0 Å². The number of ether oxygens (including phenoxy) is 5. The molecule has 1 saturated heterocycles. The van der Waals surface area contributed by atoms with Crippen molar-refractivity contribution in [3.63, 3.8) is 0 Å². The molecule has 0 aliphatic carbocycles. The highest BCUT2D eigenvalue weighted by atomic mass is 79.9. The number of likely N-dealkylation sites (tertiary alicyclic amines) is 1. The number of amides is 5. The third-order valence-corrected chi connectivity index (χ3v) is 11.7. The van der Waals surface area contributed by atoms with Gasteiger partial charge in [-0.05, 0) is 93.6 Å². The summed E-state index contributed by atoms with van der Waals surface area (Å²) in [6.07, 6.45) is 2.43. The second kappa shape index (κ2) is 21.9. The summed E-state index contributed by atoms with van der Waals surface area (Å²) in [5.41, 5.74) is -0.151. The van der Waals surface area contributed by atoms with Gasteiger partial charge in [0.2, 0.25) is 0 Å². The molecule has 0 saturated carbocycles. The molecule has 1 fully saturated rings. The van der Waals surface area contributed by atoms with E-state index < -0.39 is 41.2 Å². The molecule has 0 radical (unpaired) electrons. The van der Waals surface area contributed by atoms with E-state index in [1.165, 1.54) is 39.2 Å². The van der Waals surface area contributed by atoms with Gasteiger partial charge in [0, 0.05) is 48.7 Å². The van der Waals surface area contributed by atoms with Crippen molar-refractivity contribution in [1.29, 1.82) is 0 Å². The van der Waals surface area contributed by atoms with Crippen molar-refractivity contribution in [2.75, 3.05) is 50.2 Å². The van der Waals surface area contributed by atoms with Crippen molar-refractivity contribution >= 4 is 57.0 Å². The summed E-state index contributed by atoms with van der Waals surface area (Å²) < 4.78 is 29.3. The van der Waals surface area contributed by atoms with Gasteiger partial charge in [0.1, 0.15) is 76.8 Å². The van der Waals surface area contributed by atoms with Gasteiger partial charge in [-0.1, -0.05) is 64.2 Å². The Morgan fingerprint density at radius 1 is 0.685 bits per heavy atom. The number of carbonyl (C=O) groups excluding carboxylic acids is 5. The summed E-state index contributed by atoms with van der Waals surface area (Å²) >= 11 is 3.40. The molecular weight excluding hydrogens is 1000 g/mol. The van der Waals surface area contributed by atoms with Crippen LogP contribution in [-0.2, 0) is 14.3 Å². The molecule has 2 aromatic heterocycles. The summed E-state index contributed by atoms with van der Waals surface area (Å²) in [4.78, 5) is 76.6. The number of rotatable bonds is 8. The van der Waals surface area contributed by atoms with Crippen LogP contribution in [0.4, 0.5) is 16.2 Å². The number of hydrogen-bond acceptors (Lipinski definition) is 13. The lowest BCUT2D eigenvalue weighted by Crippen LogP contribution is -2.63. The first-order chi connectivity index (χ1) is 34.9. The number of pyridine rings is 2. The fraction of sp³-hybridized carbons (Fsp3) is 0.241. The maximum absolute atomic E-state index is 13.3. The molecular formula is C54H50BrN7O11. The Hall–Kier alpha value is -8.47. The predicted octanol–water partition coefficient (Wildman–Crippen LogP) is 7.15. The first kappa shape index (κ1) is 50.9. The Labute approximate surface area is 429 Å². The Bertz CT molecular complexity index is 3100. The number of aliphatic hydroxyl groups is 1. The number of likely N-dealkylation sites (N-methyl/N-ethyl adjacent to an activating group) is 2. The standard InChI is InChI=1S/C32H32N4O7.C22H18BrN3O4/c1-31(2,3)43-30(39)36-19-32(40,20-36)14-12-21-10-11-27-26(16-21)35(4)29(38)25(18-41-27)34-28(37)24-17-23(13-15-33-24)42-22-8-6-5-7-9-22;1-26-19-11-14(23)7-8-20(19)29-13-18(22(26)28)25-21(27)17-12-16(9-10-24-17)30-15-5-3-2-4-6-15/h5-11,13,15-17,25,40H,18-20H2,1-4H3,(H,34,37);2-12,18H,13H2,1H3,(H,25,27). The SMILES string of the molecule is CN1C(=O)C(NC(=O)c2cc(Oc3ccccc3)ccn2)COc2ccc(Br)cc21.CN1C(=O)C(NC(=O)c2cc(Oc3ccccc3)ccn2)COc2ccc(C#CC3(O)CN(C(=O)OC(C)(C)C)C3)cc21. The van der Waals surface area contributed by atoms with Gasteiger partial charge in [0.15, 0.2) is 5.60 Å². The molecule has 2 unspecified atom stereocenters. The van der Waals surface area contributed by atoms with Gasteiger partial charge in [-0.25, -0.2) is 4.79 Å². The number of carbonyl (C=O) groups is 5. The van der Waals surface area contributed by atoms with Crippen LogP contribution in [-0.4, -0.2) is 113 Å². The second-order valence-corrected chi connectivity index (χ2v) is 18.9. The van der Waals surface area contributed by atoms with Crippen molar-refractivity contribution in [2.24, 2.45) is 0 Å². The second-order valence-electron chi connectivity index (χ2n) is 18.0. The summed E-state index contributed by atoms with van der Waals surface area (Å²) in [6.45, 7) is 5.30. The topological polar surface area (TPSA) is 211 Å². The first-order valence-corrected chi connectivity index (χ1v) is 23.7. The normalized spacial score (nSPS) is 16.6. The van der Waals surface area contributed by atoms with Crippen LogP contribution in [0.15, 0.2) is 138 Å².